The van der Waals surface area contributed by atoms with Crippen LogP contribution in [-0.4, -0.2) is 22.0 Å². The average molecular weight is 254 g/mol. The second-order valence-electron chi connectivity index (χ2n) is 4.17. The van der Waals surface area contributed by atoms with Gasteiger partial charge in [-0.3, -0.25) is 0 Å². The highest BCUT2D eigenvalue weighted by Crippen LogP contribution is 2.20. The first kappa shape index (κ1) is 11.7. The molecule has 0 saturated heterocycles. The van der Waals surface area contributed by atoms with Crippen LogP contribution >= 0.6 is 0 Å². The maximum Gasteiger partial charge on any atom is 0.105 e. The van der Waals surface area contributed by atoms with Gasteiger partial charge in [0, 0.05) is 5.56 Å². The van der Waals surface area contributed by atoms with Crippen molar-refractivity contribution in [2.45, 2.75) is 6.04 Å². The van der Waals surface area contributed by atoms with Crippen molar-refractivity contribution >= 4 is 0 Å². The number of aromatic nitrogens is 3. The minimum atomic E-state index is -0.0174. The fraction of sp³-hybridized carbons (Fsp3) is 0.143. The van der Waals surface area contributed by atoms with Crippen LogP contribution in [0.3, 0.4) is 0 Å². The van der Waals surface area contributed by atoms with Crippen molar-refractivity contribution in [1.29, 1.82) is 0 Å². The molecule has 96 valence electrons. The summed E-state index contributed by atoms with van der Waals surface area (Å²) in [4.78, 5) is 1.62. The number of benzene rings is 1. The Hall–Kier alpha value is -2.40. The van der Waals surface area contributed by atoms with Gasteiger partial charge in [0.15, 0.2) is 0 Å². The number of hydrogen-bond donors (Lipinski definition) is 1. The summed E-state index contributed by atoms with van der Waals surface area (Å²) >= 11 is 0. The molecule has 3 aromatic rings. The van der Waals surface area contributed by atoms with E-state index in [2.05, 4.69) is 15.5 Å². The smallest absolute Gasteiger partial charge is 0.105 e. The first-order chi connectivity index (χ1) is 9.38. The highest BCUT2D eigenvalue weighted by Gasteiger charge is 2.17. The van der Waals surface area contributed by atoms with Crippen LogP contribution < -0.4 is 5.32 Å². The topological polar surface area (TPSA) is 55.9 Å². The van der Waals surface area contributed by atoms with Gasteiger partial charge in [-0.25, -0.2) is 0 Å². The number of para-hydroxylation sites is 1. The van der Waals surface area contributed by atoms with Crippen LogP contribution in [0.25, 0.3) is 5.69 Å². The quantitative estimate of drug-likeness (QED) is 0.775. The molecule has 5 heteroatoms. The molecule has 1 unspecified atom stereocenters. The third kappa shape index (κ3) is 2.28. The number of nitrogens with zero attached hydrogens (tertiary/aromatic N) is 3. The van der Waals surface area contributed by atoms with E-state index in [0.29, 0.717) is 0 Å². The van der Waals surface area contributed by atoms with E-state index in [-0.39, 0.29) is 6.04 Å². The lowest BCUT2D eigenvalue weighted by Crippen LogP contribution is -2.17. The van der Waals surface area contributed by atoms with Crippen molar-refractivity contribution in [3.05, 3.63) is 66.4 Å². The van der Waals surface area contributed by atoms with Gasteiger partial charge in [0.25, 0.3) is 0 Å². The normalized spacial score (nSPS) is 12.5. The predicted octanol–water partition coefficient (Wildman–Crippen LogP) is 2.17. The Labute approximate surface area is 110 Å². The van der Waals surface area contributed by atoms with E-state index >= 15 is 0 Å². The fourth-order valence-electron chi connectivity index (χ4n) is 2.02. The molecule has 0 saturated carbocycles. The third-order valence-electron chi connectivity index (χ3n) is 2.96. The Morgan fingerprint density at radius 1 is 1.21 bits per heavy atom. The molecule has 0 amide bonds. The van der Waals surface area contributed by atoms with Gasteiger partial charge < -0.3 is 9.73 Å². The molecule has 3 rings (SSSR count). The number of nitrogens with one attached hydrogen (secondary N) is 1. The summed E-state index contributed by atoms with van der Waals surface area (Å²) < 4.78 is 5.12. The maximum absolute atomic E-state index is 5.12. The summed E-state index contributed by atoms with van der Waals surface area (Å²) in [5.41, 5.74) is 2.83. The van der Waals surface area contributed by atoms with Gasteiger partial charge in [-0.2, -0.15) is 15.0 Å². The van der Waals surface area contributed by atoms with Crippen LogP contribution in [0.5, 0.6) is 0 Å². The van der Waals surface area contributed by atoms with Crippen LogP contribution in [0, 0.1) is 0 Å². The van der Waals surface area contributed by atoms with Crippen molar-refractivity contribution in [1.82, 2.24) is 20.3 Å². The molecule has 19 heavy (non-hydrogen) atoms. The zero-order valence-electron chi connectivity index (χ0n) is 10.5. The fourth-order valence-corrected chi connectivity index (χ4v) is 2.02. The molecule has 0 aliphatic carbocycles. The Morgan fingerprint density at radius 3 is 2.74 bits per heavy atom. The predicted molar refractivity (Wildman–Crippen MR) is 71.0 cm³/mol. The molecule has 2 aromatic heterocycles. The van der Waals surface area contributed by atoms with Crippen molar-refractivity contribution in [3.63, 3.8) is 0 Å². The van der Waals surface area contributed by atoms with Crippen LogP contribution in [0.15, 0.2) is 59.5 Å². The van der Waals surface area contributed by atoms with E-state index in [4.69, 9.17) is 4.42 Å². The number of rotatable bonds is 4. The zero-order valence-corrected chi connectivity index (χ0v) is 10.5. The minimum Gasteiger partial charge on any atom is -0.472 e. The van der Waals surface area contributed by atoms with Crippen molar-refractivity contribution in [2.75, 3.05) is 7.05 Å². The van der Waals surface area contributed by atoms with E-state index < -0.39 is 0 Å². The lowest BCUT2D eigenvalue weighted by molar-refractivity contribution is 0.555. The van der Waals surface area contributed by atoms with Gasteiger partial charge >= 0.3 is 0 Å². The Morgan fingerprint density at radius 2 is 2.05 bits per heavy atom. The Bertz CT molecular complexity index is 631. The van der Waals surface area contributed by atoms with Crippen molar-refractivity contribution in [3.8, 4) is 5.69 Å². The van der Waals surface area contributed by atoms with E-state index in [1.54, 1.807) is 23.5 Å². The molecule has 5 nitrogen and oxygen atoms in total. The zero-order chi connectivity index (χ0) is 13.1. The highest BCUT2D eigenvalue weighted by molar-refractivity contribution is 5.29. The monoisotopic (exact) mass is 254 g/mol. The second-order valence-corrected chi connectivity index (χ2v) is 4.17. The number of hydrogen-bond acceptors (Lipinski definition) is 4. The minimum absolute atomic E-state index is 0.0174. The van der Waals surface area contributed by atoms with Gasteiger partial charge in [0.2, 0.25) is 0 Å². The van der Waals surface area contributed by atoms with Gasteiger partial charge in [-0.15, -0.1) is 0 Å². The second kappa shape index (κ2) is 5.07. The Kier molecular flexibility index (Phi) is 3.12. The molecule has 0 bridgehead atoms. The molecule has 0 fully saturated rings. The molecule has 0 spiro atoms. The molecule has 0 radical (unpaired) electrons. The van der Waals surface area contributed by atoms with E-state index in [1.165, 1.54) is 0 Å². The van der Waals surface area contributed by atoms with Gasteiger partial charge in [-0.05, 0) is 25.2 Å². The van der Waals surface area contributed by atoms with Gasteiger partial charge in [0.1, 0.15) is 5.69 Å². The third-order valence-corrected chi connectivity index (χ3v) is 2.96. The first-order valence-corrected chi connectivity index (χ1v) is 6.05. The van der Waals surface area contributed by atoms with Crippen LogP contribution in [-0.2, 0) is 0 Å². The molecule has 0 aliphatic rings. The Balaban J connectivity index is 1.93. The molecule has 1 N–H and O–H groups in total. The molecule has 0 aliphatic heterocycles. The number of furan rings is 1. The van der Waals surface area contributed by atoms with E-state index in [9.17, 15) is 0 Å². The molecule has 1 aromatic carbocycles. The standard InChI is InChI=1S/C14H14N4O/c1-15-14(11-7-8-19-10-11)13-9-16-18(17-13)12-5-3-2-4-6-12/h2-10,14-15H,1H3. The molecule has 1 atom stereocenters. The summed E-state index contributed by atoms with van der Waals surface area (Å²) in [7, 11) is 1.89. The lowest BCUT2D eigenvalue weighted by atomic mass is 10.1. The summed E-state index contributed by atoms with van der Waals surface area (Å²) in [5, 5.41) is 12.0. The van der Waals surface area contributed by atoms with Crippen LogP contribution in [0.1, 0.15) is 17.3 Å². The maximum atomic E-state index is 5.12. The van der Waals surface area contributed by atoms with Crippen molar-refractivity contribution in [2.24, 2.45) is 0 Å². The summed E-state index contributed by atoms with van der Waals surface area (Å²) in [5.74, 6) is 0. The summed E-state index contributed by atoms with van der Waals surface area (Å²) in [6.45, 7) is 0. The lowest BCUT2D eigenvalue weighted by Gasteiger charge is -2.10. The molecule has 2 heterocycles. The SMILES string of the molecule is CNC(c1ccoc1)c1cnn(-c2ccccc2)n1. The average Bonchev–Trinajstić information content (AvgIpc) is 3.12. The van der Waals surface area contributed by atoms with Crippen molar-refractivity contribution < 1.29 is 4.42 Å². The highest BCUT2D eigenvalue weighted by atomic mass is 16.3. The molecular weight excluding hydrogens is 240 g/mol. The summed E-state index contributed by atoms with van der Waals surface area (Å²) in [6.07, 6.45) is 5.13. The first-order valence-electron chi connectivity index (χ1n) is 6.05. The van der Waals surface area contributed by atoms with Crippen LogP contribution in [0.2, 0.25) is 0 Å². The van der Waals surface area contributed by atoms with E-state index in [0.717, 1.165) is 16.9 Å². The summed E-state index contributed by atoms with van der Waals surface area (Å²) in [6, 6.07) is 11.7. The molecular formula is C14H14N4O. The van der Waals surface area contributed by atoms with Crippen LogP contribution in [0.4, 0.5) is 0 Å². The van der Waals surface area contributed by atoms with Gasteiger partial charge in [0.05, 0.1) is 30.5 Å². The van der Waals surface area contributed by atoms with E-state index in [1.807, 2.05) is 43.4 Å². The van der Waals surface area contributed by atoms with Gasteiger partial charge in [-0.1, -0.05) is 18.2 Å². The largest absolute Gasteiger partial charge is 0.472 e.